The molecular formula is C24H24ClN3O2. The Morgan fingerprint density at radius 1 is 0.800 bits per heavy atom. The molecule has 0 aliphatic carbocycles. The quantitative estimate of drug-likeness (QED) is 0.503. The van der Waals surface area contributed by atoms with E-state index in [4.69, 9.17) is 11.6 Å². The third kappa shape index (κ3) is 6.94. The first-order valence-electron chi connectivity index (χ1n) is 9.79. The number of urea groups is 1. The van der Waals surface area contributed by atoms with Crippen LogP contribution in [0.1, 0.15) is 11.1 Å². The van der Waals surface area contributed by atoms with Gasteiger partial charge in [0.2, 0.25) is 5.91 Å². The zero-order chi connectivity index (χ0) is 21.2. The maximum absolute atomic E-state index is 12.8. The van der Waals surface area contributed by atoms with Crippen LogP contribution < -0.4 is 16.0 Å². The third-order valence-electron chi connectivity index (χ3n) is 4.56. The molecule has 5 nitrogen and oxygen atoms in total. The van der Waals surface area contributed by atoms with Crippen molar-refractivity contribution in [3.8, 4) is 0 Å². The van der Waals surface area contributed by atoms with Gasteiger partial charge in [-0.1, -0.05) is 72.3 Å². The van der Waals surface area contributed by atoms with Crippen LogP contribution in [0.5, 0.6) is 0 Å². The number of carbonyl (C=O) groups is 2. The van der Waals surface area contributed by atoms with Crippen molar-refractivity contribution in [3.05, 3.63) is 101 Å². The summed E-state index contributed by atoms with van der Waals surface area (Å²) in [6.45, 7) is 0.495. The molecule has 3 amide bonds. The molecule has 0 fully saturated rings. The predicted octanol–water partition coefficient (Wildman–Crippen LogP) is 4.43. The third-order valence-corrected chi connectivity index (χ3v) is 4.81. The fourth-order valence-electron chi connectivity index (χ4n) is 3.02. The molecule has 3 N–H and O–H groups in total. The van der Waals surface area contributed by atoms with Crippen molar-refractivity contribution in [1.82, 2.24) is 10.6 Å². The first kappa shape index (κ1) is 21.4. The van der Waals surface area contributed by atoms with E-state index in [9.17, 15) is 9.59 Å². The monoisotopic (exact) mass is 421 g/mol. The Balaban J connectivity index is 1.60. The van der Waals surface area contributed by atoms with Gasteiger partial charge in [-0.3, -0.25) is 4.79 Å². The van der Waals surface area contributed by atoms with Gasteiger partial charge in [-0.25, -0.2) is 4.79 Å². The van der Waals surface area contributed by atoms with Crippen LogP contribution in [0.2, 0.25) is 5.02 Å². The van der Waals surface area contributed by atoms with E-state index in [0.717, 1.165) is 17.5 Å². The molecule has 1 atom stereocenters. The van der Waals surface area contributed by atoms with E-state index < -0.39 is 12.1 Å². The minimum Gasteiger partial charge on any atom is -0.354 e. The lowest BCUT2D eigenvalue weighted by Gasteiger charge is -2.19. The van der Waals surface area contributed by atoms with Gasteiger partial charge in [0, 0.05) is 23.7 Å². The number of rotatable bonds is 8. The lowest BCUT2D eigenvalue weighted by molar-refractivity contribution is -0.122. The van der Waals surface area contributed by atoms with Gasteiger partial charge in [0.05, 0.1) is 0 Å². The number of carbonyl (C=O) groups excluding carboxylic acids is 2. The van der Waals surface area contributed by atoms with E-state index in [-0.39, 0.29) is 5.91 Å². The van der Waals surface area contributed by atoms with Crippen molar-refractivity contribution in [2.75, 3.05) is 11.9 Å². The molecule has 0 aliphatic heterocycles. The summed E-state index contributed by atoms with van der Waals surface area (Å²) >= 11 is 5.88. The van der Waals surface area contributed by atoms with Crippen molar-refractivity contribution in [1.29, 1.82) is 0 Å². The van der Waals surface area contributed by atoms with Crippen LogP contribution in [0.25, 0.3) is 0 Å². The molecule has 0 aliphatic rings. The van der Waals surface area contributed by atoms with Crippen LogP contribution >= 0.6 is 11.6 Å². The number of hydrogen-bond acceptors (Lipinski definition) is 2. The van der Waals surface area contributed by atoms with E-state index in [1.165, 1.54) is 0 Å². The Morgan fingerprint density at radius 2 is 1.40 bits per heavy atom. The molecule has 1 unspecified atom stereocenters. The van der Waals surface area contributed by atoms with Gasteiger partial charge in [-0.05, 0) is 41.8 Å². The Hall–Kier alpha value is -3.31. The highest BCUT2D eigenvalue weighted by atomic mass is 35.5. The summed E-state index contributed by atoms with van der Waals surface area (Å²) in [4.78, 5) is 25.3. The maximum Gasteiger partial charge on any atom is 0.319 e. The van der Waals surface area contributed by atoms with Crippen LogP contribution in [-0.4, -0.2) is 24.5 Å². The van der Waals surface area contributed by atoms with Gasteiger partial charge in [-0.15, -0.1) is 0 Å². The molecule has 3 rings (SSSR count). The molecule has 3 aromatic carbocycles. The molecule has 0 saturated heterocycles. The van der Waals surface area contributed by atoms with Crippen LogP contribution in [0.15, 0.2) is 84.9 Å². The van der Waals surface area contributed by atoms with Crippen molar-refractivity contribution < 1.29 is 9.59 Å². The molecule has 0 spiro atoms. The Labute approximate surface area is 181 Å². The molecule has 154 valence electrons. The number of nitrogens with one attached hydrogen (secondary N) is 3. The zero-order valence-corrected chi connectivity index (χ0v) is 17.2. The van der Waals surface area contributed by atoms with Gasteiger partial charge in [0.25, 0.3) is 0 Å². The second-order valence-electron chi connectivity index (χ2n) is 6.87. The standard InChI is InChI=1S/C24H24ClN3O2/c25-20-11-13-21(14-12-20)27-24(30)28-22(17-19-9-5-2-6-10-19)23(29)26-16-15-18-7-3-1-4-8-18/h1-14,22H,15-17H2,(H,26,29)(H2,27,28,30). The Bertz CT molecular complexity index is 947. The van der Waals surface area contributed by atoms with Gasteiger partial charge in [-0.2, -0.15) is 0 Å². The fraction of sp³-hybridized carbons (Fsp3) is 0.167. The zero-order valence-electron chi connectivity index (χ0n) is 16.5. The number of hydrogen-bond donors (Lipinski definition) is 3. The van der Waals surface area contributed by atoms with Crippen LogP contribution in [0.3, 0.4) is 0 Å². The van der Waals surface area contributed by atoms with E-state index in [2.05, 4.69) is 16.0 Å². The van der Waals surface area contributed by atoms with Gasteiger partial charge >= 0.3 is 6.03 Å². The molecule has 3 aromatic rings. The van der Waals surface area contributed by atoms with E-state index in [1.54, 1.807) is 24.3 Å². The van der Waals surface area contributed by atoms with Gasteiger partial charge in [0.1, 0.15) is 6.04 Å². The summed E-state index contributed by atoms with van der Waals surface area (Å²) in [6, 6.07) is 25.2. The second kappa shape index (κ2) is 11.0. The van der Waals surface area contributed by atoms with E-state index in [1.807, 2.05) is 60.7 Å². The van der Waals surface area contributed by atoms with Crippen LogP contribution in [0.4, 0.5) is 10.5 Å². The number of amides is 3. The normalized spacial score (nSPS) is 11.4. The topological polar surface area (TPSA) is 70.2 Å². The first-order chi connectivity index (χ1) is 14.6. The molecule has 0 aromatic heterocycles. The highest BCUT2D eigenvalue weighted by Gasteiger charge is 2.21. The molecule has 0 radical (unpaired) electrons. The minimum absolute atomic E-state index is 0.221. The summed E-state index contributed by atoms with van der Waals surface area (Å²) in [7, 11) is 0. The lowest BCUT2D eigenvalue weighted by Crippen LogP contribution is -2.49. The lowest BCUT2D eigenvalue weighted by atomic mass is 10.1. The van der Waals surface area contributed by atoms with E-state index in [0.29, 0.717) is 23.7 Å². The molecule has 6 heteroatoms. The molecule has 30 heavy (non-hydrogen) atoms. The minimum atomic E-state index is -0.699. The largest absolute Gasteiger partial charge is 0.354 e. The van der Waals surface area contributed by atoms with Crippen molar-refractivity contribution in [3.63, 3.8) is 0 Å². The smallest absolute Gasteiger partial charge is 0.319 e. The summed E-state index contributed by atoms with van der Waals surface area (Å²) in [5.74, 6) is -0.221. The SMILES string of the molecule is O=C(Nc1ccc(Cl)cc1)NC(Cc1ccccc1)C(=O)NCCc1ccccc1. The number of anilines is 1. The second-order valence-corrected chi connectivity index (χ2v) is 7.31. The van der Waals surface area contributed by atoms with Crippen molar-refractivity contribution in [2.45, 2.75) is 18.9 Å². The molecular weight excluding hydrogens is 398 g/mol. The predicted molar refractivity (Wildman–Crippen MR) is 121 cm³/mol. The summed E-state index contributed by atoms with van der Waals surface area (Å²) in [5.41, 5.74) is 2.71. The highest BCUT2D eigenvalue weighted by Crippen LogP contribution is 2.13. The van der Waals surface area contributed by atoms with Gasteiger partial charge in [0.15, 0.2) is 0 Å². The van der Waals surface area contributed by atoms with Crippen molar-refractivity contribution >= 4 is 29.2 Å². The number of benzene rings is 3. The van der Waals surface area contributed by atoms with Crippen LogP contribution in [-0.2, 0) is 17.6 Å². The summed E-state index contributed by atoms with van der Waals surface area (Å²) in [5, 5.41) is 9.03. The molecule has 0 heterocycles. The molecule has 0 saturated carbocycles. The number of halogens is 1. The fourth-order valence-corrected chi connectivity index (χ4v) is 3.14. The van der Waals surface area contributed by atoms with Crippen molar-refractivity contribution in [2.24, 2.45) is 0 Å². The maximum atomic E-state index is 12.8. The summed E-state index contributed by atoms with van der Waals surface area (Å²) in [6.07, 6.45) is 1.12. The average Bonchev–Trinajstić information content (AvgIpc) is 2.76. The average molecular weight is 422 g/mol. The summed E-state index contributed by atoms with van der Waals surface area (Å²) < 4.78 is 0. The van der Waals surface area contributed by atoms with Gasteiger partial charge < -0.3 is 16.0 Å². The highest BCUT2D eigenvalue weighted by molar-refractivity contribution is 6.30. The Morgan fingerprint density at radius 3 is 2.03 bits per heavy atom. The van der Waals surface area contributed by atoms with E-state index >= 15 is 0 Å². The Kier molecular flexibility index (Phi) is 7.86. The first-order valence-corrected chi connectivity index (χ1v) is 10.2. The molecule has 0 bridgehead atoms. The van der Waals surface area contributed by atoms with Crippen LogP contribution in [0, 0.1) is 0 Å².